The van der Waals surface area contributed by atoms with E-state index in [0.717, 1.165) is 12.2 Å². The third kappa shape index (κ3) is 1.95. The molecule has 3 rings (SSSR count). The zero-order valence-corrected chi connectivity index (χ0v) is 11.2. The van der Waals surface area contributed by atoms with Crippen LogP contribution in [0.15, 0.2) is 78.1 Å². The average Bonchev–Trinajstić information content (AvgIpc) is 2.67. The van der Waals surface area contributed by atoms with Gasteiger partial charge in [-0.25, -0.2) is 0 Å². The van der Waals surface area contributed by atoms with E-state index in [2.05, 4.69) is 66.8 Å². The lowest BCUT2D eigenvalue weighted by molar-refractivity contribution is 0.237. The van der Waals surface area contributed by atoms with Crippen LogP contribution in [-0.2, 0) is 10.2 Å². The predicted octanol–water partition coefficient (Wildman–Crippen LogP) is 4.30. The molecule has 1 aromatic carbocycles. The average molecular weight is 250 g/mol. The lowest BCUT2D eigenvalue weighted by Crippen LogP contribution is -2.23. The topological polar surface area (TPSA) is 9.23 Å². The molecule has 0 spiro atoms. The molecule has 1 nitrogen and oxygen atoms in total. The zero-order valence-electron chi connectivity index (χ0n) is 11.2. The second-order valence-electron chi connectivity index (χ2n) is 4.87. The highest BCUT2D eigenvalue weighted by molar-refractivity contribution is 5.56. The summed E-state index contributed by atoms with van der Waals surface area (Å²) in [6.45, 7) is 2.74. The number of hydrogen-bond donors (Lipinski definition) is 0. The monoisotopic (exact) mass is 250 g/mol. The molecule has 0 saturated heterocycles. The highest BCUT2D eigenvalue weighted by Gasteiger charge is 2.39. The molecule has 0 aliphatic heterocycles. The van der Waals surface area contributed by atoms with Crippen LogP contribution >= 0.6 is 0 Å². The first-order chi connectivity index (χ1) is 9.37. The normalized spacial score (nSPS) is 24.5. The lowest BCUT2D eigenvalue weighted by Gasteiger charge is -2.28. The van der Waals surface area contributed by atoms with Gasteiger partial charge in [0.1, 0.15) is 5.76 Å². The Hall–Kier alpha value is -2.02. The summed E-state index contributed by atoms with van der Waals surface area (Å²) in [6, 6.07) is 10.7. The molecule has 96 valence electrons. The second kappa shape index (κ2) is 4.93. The fraction of sp³-hybridized carbons (Fsp3) is 0.222. The SMILES string of the molecule is CCOC1=CCC2(c3ccccc3)C=CC=CC=C12. The van der Waals surface area contributed by atoms with E-state index < -0.39 is 0 Å². The van der Waals surface area contributed by atoms with Crippen LogP contribution in [0, 0.1) is 0 Å². The van der Waals surface area contributed by atoms with Crippen molar-refractivity contribution in [3.8, 4) is 0 Å². The van der Waals surface area contributed by atoms with E-state index in [4.69, 9.17) is 4.74 Å². The van der Waals surface area contributed by atoms with Crippen molar-refractivity contribution >= 4 is 0 Å². The Bertz CT molecular complexity index is 575. The minimum absolute atomic E-state index is 0.0603. The Morgan fingerprint density at radius 3 is 2.74 bits per heavy atom. The molecule has 2 aliphatic rings. The van der Waals surface area contributed by atoms with Gasteiger partial charge in [0, 0.05) is 11.0 Å². The molecular weight excluding hydrogens is 232 g/mol. The second-order valence-corrected chi connectivity index (χ2v) is 4.87. The number of rotatable bonds is 3. The molecule has 0 radical (unpaired) electrons. The van der Waals surface area contributed by atoms with Crippen molar-refractivity contribution in [1.29, 1.82) is 0 Å². The smallest absolute Gasteiger partial charge is 0.119 e. The van der Waals surface area contributed by atoms with Crippen molar-refractivity contribution < 1.29 is 4.74 Å². The van der Waals surface area contributed by atoms with Gasteiger partial charge in [0.25, 0.3) is 0 Å². The summed E-state index contributed by atoms with van der Waals surface area (Å²) >= 11 is 0. The van der Waals surface area contributed by atoms with Crippen molar-refractivity contribution in [1.82, 2.24) is 0 Å². The van der Waals surface area contributed by atoms with E-state index in [1.54, 1.807) is 0 Å². The molecule has 1 heteroatoms. The van der Waals surface area contributed by atoms with Crippen LogP contribution in [0.3, 0.4) is 0 Å². The zero-order chi connectivity index (χ0) is 13.1. The molecule has 0 amide bonds. The summed E-state index contributed by atoms with van der Waals surface area (Å²) in [6.07, 6.45) is 14.0. The van der Waals surface area contributed by atoms with Crippen LogP contribution in [-0.4, -0.2) is 6.61 Å². The van der Waals surface area contributed by atoms with Crippen molar-refractivity contribution in [2.24, 2.45) is 0 Å². The Morgan fingerprint density at radius 1 is 1.11 bits per heavy atom. The van der Waals surface area contributed by atoms with Gasteiger partial charge in [-0.2, -0.15) is 0 Å². The molecule has 2 aliphatic carbocycles. The van der Waals surface area contributed by atoms with E-state index in [1.165, 1.54) is 11.1 Å². The van der Waals surface area contributed by atoms with Gasteiger partial charge in [0.2, 0.25) is 0 Å². The van der Waals surface area contributed by atoms with Crippen molar-refractivity contribution in [2.75, 3.05) is 6.61 Å². The van der Waals surface area contributed by atoms with Gasteiger partial charge < -0.3 is 4.74 Å². The van der Waals surface area contributed by atoms with E-state index >= 15 is 0 Å². The third-order valence-corrected chi connectivity index (χ3v) is 3.81. The number of benzene rings is 1. The first-order valence-corrected chi connectivity index (χ1v) is 6.82. The maximum Gasteiger partial charge on any atom is 0.119 e. The van der Waals surface area contributed by atoms with E-state index in [-0.39, 0.29) is 5.41 Å². The molecule has 19 heavy (non-hydrogen) atoms. The van der Waals surface area contributed by atoms with Crippen molar-refractivity contribution in [2.45, 2.75) is 18.8 Å². The maximum atomic E-state index is 5.80. The molecule has 1 aromatic rings. The molecule has 0 aromatic heterocycles. The van der Waals surface area contributed by atoms with E-state index in [9.17, 15) is 0 Å². The standard InChI is InChI=1S/C18H18O/c1-2-19-17-12-14-18(15-9-5-3-6-10-15)13-8-4-7-11-16(17)18/h3-13H,2,14H2,1H3. The Balaban J connectivity index is 2.10. The largest absolute Gasteiger partial charge is 0.494 e. The Morgan fingerprint density at radius 2 is 1.95 bits per heavy atom. The van der Waals surface area contributed by atoms with Crippen LogP contribution in [0.4, 0.5) is 0 Å². The molecule has 1 unspecified atom stereocenters. The van der Waals surface area contributed by atoms with Crippen LogP contribution < -0.4 is 0 Å². The van der Waals surface area contributed by atoms with Gasteiger partial charge in [-0.05, 0) is 25.0 Å². The predicted molar refractivity (Wildman–Crippen MR) is 78.8 cm³/mol. The summed E-state index contributed by atoms with van der Waals surface area (Å²) < 4.78 is 5.80. The summed E-state index contributed by atoms with van der Waals surface area (Å²) in [4.78, 5) is 0. The van der Waals surface area contributed by atoms with Crippen molar-refractivity contribution in [3.05, 3.63) is 83.7 Å². The van der Waals surface area contributed by atoms with Crippen LogP contribution in [0.25, 0.3) is 0 Å². The van der Waals surface area contributed by atoms with Crippen LogP contribution in [0.1, 0.15) is 18.9 Å². The maximum absolute atomic E-state index is 5.80. The summed E-state index contributed by atoms with van der Waals surface area (Å²) in [7, 11) is 0. The molecule has 0 bridgehead atoms. The minimum atomic E-state index is -0.0603. The number of ether oxygens (including phenoxy) is 1. The van der Waals surface area contributed by atoms with E-state index in [0.29, 0.717) is 6.61 Å². The fourth-order valence-electron chi connectivity index (χ4n) is 2.92. The third-order valence-electron chi connectivity index (χ3n) is 3.81. The first kappa shape index (κ1) is 12.0. The number of fused-ring (bicyclic) bond motifs is 1. The van der Waals surface area contributed by atoms with Crippen LogP contribution in [0.5, 0.6) is 0 Å². The highest BCUT2D eigenvalue weighted by Crippen LogP contribution is 2.47. The number of allylic oxidation sites excluding steroid dienone is 7. The molecule has 1 atom stereocenters. The molecule has 0 saturated carbocycles. The molecule has 0 N–H and O–H groups in total. The fourth-order valence-corrected chi connectivity index (χ4v) is 2.92. The Labute approximate surface area is 114 Å². The van der Waals surface area contributed by atoms with Gasteiger partial charge in [-0.3, -0.25) is 0 Å². The van der Waals surface area contributed by atoms with E-state index in [1.807, 2.05) is 6.92 Å². The highest BCUT2D eigenvalue weighted by atomic mass is 16.5. The van der Waals surface area contributed by atoms with Gasteiger partial charge in [0.05, 0.1) is 6.61 Å². The quantitative estimate of drug-likeness (QED) is 0.777. The number of hydrogen-bond acceptors (Lipinski definition) is 1. The van der Waals surface area contributed by atoms with Gasteiger partial charge in [0.15, 0.2) is 0 Å². The summed E-state index contributed by atoms with van der Waals surface area (Å²) in [5, 5.41) is 0. The van der Waals surface area contributed by atoms with Gasteiger partial charge >= 0.3 is 0 Å². The van der Waals surface area contributed by atoms with Crippen LogP contribution in [0.2, 0.25) is 0 Å². The summed E-state index contributed by atoms with van der Waals surface area (Å²) in [5.41, 5.74) is 2.53. The lowest BCUT2D eigenvalue weighted by atomic mass is 9.74. The van der Waals surface area contributed by atoms with Gasteiger partial charge in [-0.1, -0.05) is 60.7 Å². The molecule has 0 fully saturated rings. The Kier molecular flexibility index (Phi) is 3.12. The minimum Gasteiger partial charge on any atom is -0.494 e. The first-order valence-electron chi connectivity index (χ1n) is 6.82. The summed E-state index contributed by atoms with van der Waals surface area (Å²) in [5.74, 6) is 1.03. The molecular formula is C18H18O. The molecule has 0 heterocycles. The van der Waals surface area contributed by atoms with Gasteiger partial charge in [-0.15, -0.1) is 0 Å². The van der Waals surface area contributed by atoms with Crippen molar-refractivity contribution in [3.63, 3.8) is 0 Å².